The Balaban J connectivity index is 1.43. The molecule has 2 aromatic carbocycles. The van der Waals surface area contributed by atoms with E-state index in [0.717, 1.165) is 35.6 Å². The monoisotopic (exact) mass is 452 g/mol. The molecule has 3 aliphatic heterocycles. The zero-order valence-corrected chi connectivity index (χ0v) is 17.9. The second-order valence-corrected chi connectivity index (χ2v) is 9.23. The molecule has 0 saturated carbocycles. The highest BCUT2D eigenvalue weighted by molar-refractivity contribution is 8.21. The van der Waals surface area contributed by atoms with Crippen molar-refractivity contribution in [1.82, 2.24) is 4.90 Å². The summed E-state index contributed by atoms with van der Waals surface area (Å²) in [7, 11) is 7.27. The molecule has 2 aromatic rings. The van der Waals surface area contributed by atoms with Gasteiger partial charge in [-0.05, 0) is 64.8 Å². The minimum Gasteiger partial charge on any atom is -0.491 e. The normalized spacial score (nSPS) is 22.6. The molecule has 1 amide bonds. The highest BCUT2D eigenvalue weighted by Gasteiger charge is 2.43. The van der Waals surface area contributed by atoms with Crippen molar-refractivity contribution < 1.29 is 13.9 Å². The van der Waals surface area contributed by atoms with Crippen LogP contribution in [0, 0.1) is 5.82 Å². The van der Waals surface area contributed by atoms with E-state index in [0.29, 0.717) is 25.3 Å². The molecule has 8 heteroatoms. The lowest BCUT2D eigenvalue weighted by Gasteiger charge is -2.43. The average Bonchev–Trinajstić information content (AvgIpc) is 3.28. The molecule has 2 unspecified atom stereocenters. The summed E-state index contributed by atoms with van der Waals surface area (Å²) in [5.74, 6) is 0.373. The van der Waals surface area contributed by atoms with Crippen LogP contribution < -0.4 is 9.64 Å². The van der Waals surface area contributed by atoms with Crippen molar-refractivity contribution in [2.24, 2.45) is 0 Å². The summed E-state index contributed by atoms with van der Waals surface area (Å²) >= 11 is 6.12. The fraction of sp³-hybridized carbons (Fsp3) is 0.381. The third kappa shape index (κ3) is 3.35. The Bertz CT molecular complexity index is 975. The van der Waals surface area contributed by atoms with Gasteiger partial charge in [0.05, 0.1) is 22.9 Å². The van der Waals surface area contributed by atoms with Gasteiger partial charge in [-0.3, -0.25) is 4.79 Å². The predicted molar refractivity (Wildman–Crippen MR) is 114 cm³/mol. The number of carbonyl (C=O) groups excluding carboxylic acids is 1. The van der Waals surface area contributed by atoms with Gasteiger partial charge < -0.3 is 14.5 Å². The molecule has 29 heavy (non-hydrogen) atoms. The molecule has 152 valence electrons. The molecule has 2 bridgehead atoms. The minimum absolute atomic E-state index is 0.141. The maximum atomic E-state index is 13.4. The van der Waals surface area contributed by atoms with Gasteiger partial charge in [-0.15, -0.1) is 0 Å². The number of halogens is 3. The SMILES string of the molecule is O=C(c1ccc(F)cc1Cl)N1CC2CCC(C1)N2c1cc(SCl)cc2c1OCC2. The summed E-state index contributed by atoms with van der Waals surface area (Å²) in [5.41, 5.74) is 2.63. The first-order chi connectivity index (χ1) is 14.0. The second-order valence-electron chi connectivity index (χ2n) is 7.73. The van der Waals surface area contributed by atoms with Gasteiger partial charge in [0.25, 0.3) is 5.91 Å². The van der Waals surface area contributed by atoms with E-state index in [9.17, 15) is 9.18 Å². The maximum absolute atomic E-state index is 13.4. The molecule has 5 rings (SSSR count). The van der Waals surface area contributed by atoms with Gasteiger partial charge in [0.15, 0.2) is 0 Å². The fourth-order valence-electron chi connectivity index (χ4n) is 4.79. The van der Waals surface area contributed by atoms with Gasteiger partial charge in [-0.2, -0.15) is 0 Å². The number of rotatable bonds is 3. The molecule has 0 aromatic heterocycles. The van der Waals surface area contributed by atoms with Crippen molar-refractivity contribution in [3.8, 4) is 5.75 Å². The highest BCUT2D eigenvalue weighted by atomic mass is 35.7. The zero-order chi connectivity index (χ0) is 20.1. The van der Waals surface area contributed by atoms with Crippen LogP contribution in [0.3, 0.4) is 0 Å². The number of ether oxygens (including phenoxy) is 1. The predicted octanol–water partition coefficient (Wildman–Crippen LogP) is 5.15. The molecular formula is C21H19Cl2FN2O2S. The summed E-state index contributed by atoms with van der Waals surface area (Å²) in [6, 6.07) is 8.55. The van der Waals surface area contributed by atoms with Crippen LogP contribution in [0.1, 0.15) is 28.8 Å². The summed E-state index contributed by atoms with van der Waals surface area (Å²) < 4.78 is 19.3. The number of carbonyl (C=O) groups is 1. The standard InChI is InChI=1S/C21H19Cl2FN2O2S/c22-18-8-13(24)1-4-17(18)21(27)25-10-14-2-3-15(11-25)26(14)19-9-16(29-23)7-12-5-6-28-20(12)19/h1,4,7-9,14-15H,2-3,5-6,10-11H2. The Morgan fingerprint density at radius 3 is 2.62 bits per heavy atom. The first kappa shape index (κ1) is 19.3. The molecule has 2 fully saturated rings. The molecule has 2 atom stereocenters. The fourth-order valence-corrected chi connectivity index (χ4v) is 5.65. The molecule has 0 N–H and O–H groups in total. The Hall–Kier alpha value is -1.63. The molecule has 0 spiro atoms. The molecule has 3 aliphatic rings. The topological polar surface area (TPSA) is 32.8 Å². The van der Waals surface area contributed by atoms with Gasteiger partial charge in [-0.1, -0.05) is 11.6 Å². The van der Waals surface area contributed by atoms with E-state index < -0.39 is 5.82 Å². The van der Waals surface area contributed by atoms with E-state index in [1.807, 2.05) is 4.90 Å². The summed E-state index contributed by atoms with van der Waals surface area (Å²) in [5, 5.41) is 0.155. The Morgan fingerprint density at radius 1 is 1.17 bits per heavy atom. The van der Waals surface area contributed by atoms with Gasteiger partial charge in [-0.25, -0.2) is 4.39 Å². The molecule has 4 nitrogen and oxygen atoms in total. The van der Waals surface area contributed by atoms with Crippen LogP contribution in [0.2, 0.25) is 5.02 Å². The van der Waals surface area contributed by atoms with Crippen molar-refractivity contribution in [3.63, 3.8) is 0 Å². The molecular weight excluding hydrogens is 434 g/mol. The van der Waals surface area contributed by atoms with E-state index in [1.165, 1.54) is 34.7 Å². The van der Waals surface area contributed by atoms with Gasteiger partial charge >= 0.3 is 0 Å². The first-order valence-electron chi connectivity index (χ1n) is 9.66. The van der Waals surface area contributed by atoms with Crippen LogP contribution in [0.5, 0.6) is 5.75 Å². The third-order valence-corrected chi connectivity index (χ3v) is 7.30. The molecule has 0 aliphatic carbocycles. The largest absolute Gasteiger partial charge is 0.491 e. The van der Waals surface area contributed by atoms with Crippen LogP contribution in [0.25, 0.3) is 0 Å². The van der Waals surface area contributed by atoms with Crippen LogP contribution in [0.15, 0.2) is 35.2 Å². The van der Waals surface area contributed by atoms with E-state index in [2.05, 4.69) is 17.0 Å². The highest BCUT2D eigenvalue weighted by Crippen LogP contribution is 2.46. The van der Waals surface area contributed by atoms with Crippen molar-refractivity contribution in [1.29, 1.82) is 0 Å². The number of fused-ring (bicyclic) bond motifs is 3. The zero-order valence-electron chi connectivity index (χ0n) is 15.5. The average molecular weight is 453 g/mol. The van der Waals surface area contributed by atoms with E-state index in [4.69, 9.17) is 27.0 Å². The number of hydrogen-bond acceptors (Lipinski definition) is 4. The Kier molecular flexibility index (Phi) is 5.04. The van der Waals surface area contributed by atoms with Gasteiger partial charge in [0, 0.05) is 42.1 Å². The van der Waals surface area contributed by atoms with Crippen molar-refractivity contribution in [2.75, 3.05) is 24.6 Å². The van der Waals surface area contributed by atoms with Crippen LogP contribution in [-0.4, -0.2) is 42.6 Å². The van der Waals surface area contributed by atoms with Crippen molar-refractivity contribution in [2.45, 2.75) is 36.2 Å². The van der Waals surface area contributed by atoms with Crippen LogP contribution in [0.4, 0.5) is 10.1 Å². The minimum atomic E-state index is -0.442. The Labute approximate surface area is 182 Å². The smallest absolute Gasteiger partial charge is 0.255 e. The lowest BCUT2D eigenvalue weighted by atomic mass is 10.1. The van der Waals surface area contributed by atoms with E-state index >= 15 is 0 Å². The summed E-state index contributed by atoms with van der Waals surface area (Å²) in [6.45, 7) is 1.90. The number of benzene rings is 2. The molecule has 2 saturated heterocycles. The summed E-state index contributed by atoms with van der Waals surface area (Å²) in [4.78, 5) is 18.3. The number of amides is 1. The third-order valence-electron chi connectivity index (χ3n) is 6.04. The summed E-state index contributed by atoms with van der Waals surface area (Å²) in [6.07, 6.45) is 2.92. The number of nitrogens with zero attached hydrogens (tertiary/aromatic N) is 2. The van der Waals surface area contributed by atoms with Crippen molar-refractivity contribution >= 4 is 44.9 Å². The van der Waals surface area contributed by atoms with Crippen LogP contribution in [-0.2, 0) is 6.42 Å². The lowest BCUT2D eigenvalue weighted by Crippen LogP contribution is -2.55. The quantitative estimate of drug-likeness (QED) is 0.644. The molecule has 3 heterocycles. The number of piperazine rings is 1. The number of hydrogen-bond donors (Lipinski definition) is 0. The van der Waals surface area contributed by atoms with Crippen LogP contribution >= 0.6 is 33.3 Å². The van der Waals surface area contributed by atoms with Crippen molar-refractivity contribution in [3.05, 3.63) is 52.3 Å². The number of likely N-dealkylation sites (tertiary alicyclic amines) is 1. The maximum Gasteiger partial charge on any atom is 0.255 e. The number of anilines is 1. The lowest BCUT2D eigenvalue weighted by molar-refractivity contribution is 0.0718. The van der Waals surface area contributed by atoms with E-state index in [-0.39, 0.29) is 23.0 Å². The van der Waals surface area contributed by atoms with E-state index in [1.54, 1.807) is 0 Å². The molecule has 0 radical (unpaired) electrons. The Morgan fingerprint density at radius 2 is 1.93 bits per heavy atom. The van der Waals surface area contributed by atoms with Gasteiger partial charge in [0.2, 0.25) is 0 Å². The van der Waals surface area contributed by atoms with Gasteiger partial charge in [0.1, 0.15) is 11.6 Å². The second kappa shape index (κ2) is 7.56. The first-order valence-corrected chi connectivity index (χ1v) is 11.7.